The first-order valence-corrected chi connectivity index (χ1v) is 7.53. The molecule has 1 N–H and O–H groups in total. The number of aromatic nitrogens is 1. The normalized spacial score (nSPS) is 18.6. The van der Waals surface area contributed by atoms with E-state index in [-0.39, 0.29) is 0 Å². The lowest BCUT2D eigenvalue weighted by molar-refractivity contribution is 0.430. The summed E-state index contributed by atoms with van der Waals surface area (Å²) in [7, 11) is 0. The van der Waals surface area contributed by atoms with Crippen LogP contribution in [0.15, 0.2) is 6.07 Å². The summed E-state index contributed by atoms with van der Waals surface area (Å²) in [4.78, 5) is 6.84. The van der Waals surface area contributed by atoms with Crippen molar-refractivity contribution < 1.29 is 0 Å². The zero-order valence-electron chi connectivity index (χ0n) is 12.7. The molecule has 2 rings (SSSR count). The second kappa shape index (κ2) is 6.71. The van der Waals surface area contributed by atoms with Crippen LogP contribution in [0.5, 0.6) is 0 Å². The Hall–Kier alpha value is -1.60. The van der Waals surface area contributed by atoms with Crippen LogP contribution in [0.1, 0.15) is 43.1 Å². The van der Waals surface area contributed by atoms with Crippen LogP contribution in [0.2, 0.25) is 0 Å². The van der Waals surface area contributed by atoms with Gasteiger partial charge in [-0.1, -0.05) is 6.92 Å². The van der Waals surface area contributed by atoms with Gasteiger partial charge < -0.3 is 10.2 Å². The fourth-order valence-electron chi connectivity index (χ4n) is 3.01. The van der Waals surface area contributed by atoms with Gasteiger partial charge >= 0.3 is 0 Å². The molecule has 0 aromatic carbocycles. The molecule has 0 saturated carbocycles. The van der Waals surface area contributed by atoms with Crippen molar-refractivity contribution in [2.75, 3.05) is 24.5 Å². The first-order chi connectivity index (χ1) is 9.67. The fourth-order valence-corrected chi connectivity index (χ4v) is 3.01. The van der Waals surface area contributed by atoms with Crippen molar-refractivity contribution in [2.45, 2.75) is 46.1 Å². The molecule has 4 nitrogen and oxygen atoms in total. The third-order valence-electron chi connectivity index (χ3n) is 3.90. The van der Waals surface area contributed by atoms with Crippen LogP contribution in [0, 0.1) is 25.2 Å². The molecule has 0 aliphatic carbocycles. The van der Waals surface area contributed by atoms with Crippen LogP contribution in [0.25, 0.3) is 0 Å². The molecule has 1 atom stereocenters. The average molecular weight is 272 g/mol. The summed E-state index contributed by atoms with van der Waals surface area (Å²) in [5, 5.41) is 12.9. The van der Waals surface area contributed by atoms with E-state index in [9.17, 15) is 5.26 Å². The van der Waals surface area contributed by atoms with Gasteiger partial charge in [0.2, 0.25) is 0 Å². The third kappa shape index (κ3) is 3.10. The predicted octanol–water partition coefficient (Wildman–Crippen LogP) is 2.54. The summed E-state index contributed by atoms with van der Waals surface area (Å²) in [6.45, 7) is 9.22. The SMILES string of the molecule is CCCN(c1cc(C)nc(C)c1C#N)C1CCCNC1. The van der Waals surface area contributed by atoms with E-state index >= 15 is 0 Å². The molecule has 0 radical (unpaired) electrons. The molecule has 1 unspecified atom stereocenters. The number of nitrogens with zero attached hydrogens (tertiary/aromatic N) is 3. The zero-order valence-corrected chi connectivity index (χ0v) is 12.7. The molecule has 4 heteroatoms. The minimum atomic E-state index is 0.483. The molecule has 108 valence electrons. The highest BCUT2D eigenvalue weighted by molar-refractivity contribution is 5.62. The van der Waals surface area contributed by atoms with E-state index < -0.39 is 0 Å². The van der Waals surface area contributed by atoms with Gasteiger partial charge in [-0.3, -0.25) is 4.98 Å². The number of piperidine rings is 1. The highest BCUT2D eigenvalue weighted by Gasteiger charge is 2.23. The Labute approximate surface area is 121 Å². The van der Waals surface area contributed by atoms with E-state index in [0.717, 1.165) is 48.7 Å². The van der Waals surface area contributed by atoms with Crippen LogP contribution in [-0.4, -0.2) is 30.7 Å². The van der Waals surface area contributed by atoms with Crippen LogP contribution in [0.4, 0.5) is 5.69 Å². The maximum absolute atomic E-state index is 9.47. The molecule has 1 saturated heterocycles. The Balaban J connectivity index is 2.40. The summed E-state index contributed by atoms with van der Waals surface area (Å²) in [5.41, 5.74) is 3.62. The number of rotatable bonds is 4. The van der Waals surface area contributed by atoms with Gasteiger partial charge in [0.05, 0.1) is 16.9 Å². The van der Waals surface area contributed by atoms with Crippen molar-refractivity contribution in [1.82, 2.24) is 10.3 Å². The van der Waals surface area contributed by atoms with Gasteiger partial charge in [-0.05, 0) is 45.7 Å². The van der Waals surface area contributed by atoms with E-state index in [1.54, 1.807) is 0 Å². The molecular formula is C16H24N4. The lowest BCUT2D eigenvalue weighted by Crippen LogP contribution is -2.47. The summed E-state index contributed by atoms with van der Waals surface area (Å²) in [5.74, 6) is 0. The molecule has 0 amide bonds. The zero-order chi connectivity index (χ0) is 14.5. The number of aryl methyl sites for hydroxylation is 2. The smallest absolute Gasteiger partial charge is 0.103 e. The molecule has 2 heterocycles. The van der Waals surface area contributed by atoms with Crippen molar-refractivity contribution >= 4 is 5.69 Å². The molecule has 0 bridgehead atoms. The van der Waals surface area contributed by atoms with E-state index in [1.807, 2.05) is 13.8 Å². The quantitative estimate of drug-likeness (QED) is 0.915. The predicted molar refractivity (Wildman–Crippen MR) is 82.0 cm³/mol. The number of nitriles is 1. The maximum Gasteiger partial charge on any atom is 0.103 e. The Morgan fingerprint density at radius 2 is 2.30 bits per heavy atom. The van der Waals surface area contributed by atoms with Gasteiger partial charge in [-0.25, -0.2) is 0 Å². The van der Waals surface area contributed by atoms with E-state index in [4.69, 9.17) is 0 Å². The first-order valence-electron chi connectivity index (χ1n) is 7.53. The van der Waals surface area contributed by atoms with Crippen LogP contribution in [0.3, 0.4) is 0 Å². The Kier molecular flexibility index (Phi) is 4.97. The first kappa shape index (κ1) is 14.8. The monoisotopic (exact) mass is 272 g/mol. The van der Waals surface area contributed by atoms with Crippen LogP contribution >= 0.6 is 0 Å². The standard InChI is InChI=1S/C16H24N4/c1-4-8-20(14-6-5-7-18-11-14)16-9-12(2)19-13(3)15(16)10-17/h9,14,18H,4-8,11H2,1-3H3. The molecule has 1 aromatic rings. The number of anilines is 1. The minimum Gasteiger partial charge on any atom is -0.366 e. The van der Waals surface area contributed by atoms with Gasteiger partial charge in [-0.2, -0.15) is 5.26 Å². The second-order valence-electron chi connectivity index (χ2n) is 5.55. The lowest BCUT2D eigenvalue weighted by Gasteiger charge is -2.37. The van der Waals surface area contributed by atoms with Gasteiger partial charge in [-0.15, -0.1) is 0 Å². The van der Waals surface area contributed by atoms with Crippen molar-refractivity contribution in [2.24, 2.45) is 0 Å². The number of pyridine rings is 1. The second-order valence-corrected chi connectivity index (χ2v) is 5.55. The van der Waals surface area contributed by atoms with Crippen molar-refractivity contribution in [3.63, 3.8) is 0 Å². The molecule has 0 spiro atoms. The highest BCUT2D eigenvalue weighted by atomic mass is 15.2. The van der Waals surface area contributed by atoms with Gasteiger partial charge in [0, 0.05) is 24.8 Å². The summed E-state index contributed by atoms with van der Waals surface area (Å²) in [6, 6.07) is 4.89. The molecule has 1 aromatic heterocycles. The molecular weight excluding hydrogens is 248 g/mol. The van der Waals surface area contributed by atoms with Crippen molar-refractivity contribution in [3.05, 3.63) is 23.0 Å². The van der Waals surface area contributed by atoms with Crippen LogP contribution < -0.4 is 10.2 Å². The van der Waals surface area contributed by atoms with Gasteiger partial charge in [0.15, 0.2) is 0 Å². The highest BCUT2D eigenvalue weighted by Crippen LogP contribution is 2.27. The Bertz CT molecular complexity index is 498. The largest absolute Gasteiger partial charge is 0.366 e. The van der Waals surface area contributed by atoms with E-state index in [2.05, 4.69) is 34.3 Å². The van der Waals surface area contributed by atoms with E-state index in [0.29, 0.717) is 6.04 Å². The Morgan fingerprint density at radius 3 is 2.90 bits per heavy atom. The summed E-state index contributed by atoms with van der Waals surface area (Å²) >= 11 is 0. The Morgan fingerprint density at radius 1 is 1.50 bits per heavy atom. The lowest BCUT2D eigenvalue weighted by atomic mass is 10.0. The topological polar surface area (TPSA) is 52.0 Å². The fraction of sp³-hybridized carbons (Fsp3) is 0.625. The molecule has 20 heavy (non-hydrogen) atoms. The van der Waals surface area contributed by atoms with Gasteiger partial charge in [0.25, 0.3) is 0 Å². The molecule has 1 fully saturated rings. The maximum atomic E-state index is 9.47. The third-order valence-corrected chi connectivity index (χ3v) is 3.90. The molecule has 1 aliphatic heterocycles. The number of hydrogen-bond acceptors (Lipinski definition) is 4. The average Bonchev–Trinajstić information content (AvgIpc) is 2.45. The minimum absolute atomic E-state index is 0.483. The van der Waals surface area contributed by atoms with Crippen molar-refractivity contribution in [1.29, 1.82) is 5.26 Å². The molecule has 1 aliphatic rings. The number of hydrogen-bond donors (Lipinski definition) is 1. The van der Waals surface area contributed by atoms with Gasteiger partial charge in [0.1, 0.15) is 6.07 Å². The van der Waals surface area contributed by atoms with E-state index in [1.165, 1.54) is 12.8 Å². The summed E-state index contributed by atoms with van der Waals surface area (Å²) in [6.07, 6.45) is 3.48. The summed E-state index contributed by atoms with van der Waals surface area (Å²) < 4.78 is 0. The number of nitrogens with one attached hydrogen (secondary N) is 1. The van der Waals surface area contributed by atoms with Crippen LogP contribution in [-0.2, 0) is 0 Å². The van der Waals surface area contributed by atoms with Crippen molar-refractivity contribution in [3.8, 4) is 6.07 Å².